The van der Waals surface area contributed by atoms with Crippen LogP contribution in [0.5, 0.6) is 0 Å². The van der Waals surface area contributed by atoms with Crippen LogP contribution in [0.2, 0.25) is 0 Å². The van der Waals surface area contributed by atoms with Crippen molar-refractivity contribution in [2.75, 3.05) is 0 Å². The summed E-state index contributed by atoms with van der Waals surface area (Å²) in [6.07, 6.45) is 4.45. The number of carboxylic acid groups (broad SMARTS) is 1. The third-order valence-corrected chi connectivity index (χ3v) is 5.03. The molecule has 9 nitrogen and oxygen atoms in total. The average Bonchev–Trinajstić information content (AvgIpc) is 3.04. The molecular weight excluding hydrogens is 298 g/mol. The molecule has 0 spiro atoms. The number of imidazole rings is 1. The Labute approximate surface area is 119 Å². The smallest absolute Gasteiger partial charge is 0.353 e. The number of hydrogen-bond acceptors (Lipinski definition) is 5. The van der Waals surface area contributed by atoms with Crippen LogP contribution < -0.4 is 4.72 Å². The van der Waals surface area contributed by atoms with E-state index in [0.29, 0.717) is 18.7 Å². The molecule has 2 heterocycles. The fourth-order valence-electron chi connectivity index (χ4n) is 2.30. The minimum Gasteiger partial charge on any atom is -0.477 e. The van der Waals surface area contributed by atoms with Crippen LogP contribution in [0.15, 0.2) is 23.5 Å². The molecule has 112 valence electrons. The number of aromatic carboxylic acids is 1. The summed E-state index contributed by atoms with van der Waals surface area (Å²) in [5.74, 6) is -0.825. The van der Waals surface area contributed by atoms with Gasteiger partial charge in [-0.15, -0.1) is 0 Å². The summed E-state index contributed by atoms with van der Waals surface area (Å²) in [6.45, 7) is 0. The Hall–Kier alpha value is -2.20. The minimum atomic E-state index is -3.77. The van der Waals surface area contributed by atoms with Gasteiger partial charge in [-0.3, -0.25) is 5.10 Å². The Morgan fingerprint density at radius 3 is 2.67 bits per heavy atom. The van der Waals surface area contributed by atoms with Crippen LogP contribution in [-0.2, 0) is 15.6 Å². The molecule has 0 atom stereocenters. The second-order valence-corrected chi connectivity index (χ2v) is 6.56. The SMILES string of the molecule is O=C(O)c1cnc(C2(NS(=O)(=O)c3ccn[nH]3)CCC2)[nH]1. The first kappa shape index (κ1) is 13.8. The topological polar surface area (TPSA) is 141 Å². The zero-order chi connectivity index (χ0) is 15.1. The van der Waals surface area contributed by atoms with Crippen LogP contribution in [0.25, 0.3) is 0 Å². The van der Waals surface area contributed by atoms with E-state index in [0.717, 1.165) is 6.42 Å². The molecule has 2 aromatic heterocycles. The predicted octanol–water partition coefficient (Wildman–Crippen LogP) is 0.189. The molecule has 1 aliphatic carbocycles. The van der Waals surface area contributed by atoms with Crippen LogP contribution >= 0.6 is 0 Å². The van der Waals surface area contributed by atoms with E-state index in [-0.39, 0.29) is 10.7 Å². The monoisotopic (exact) mass is 311 g/mol. The van der Waals surface area contributed by atoms with Gasteiger partial charge < -0.3 is 10.1 Å². The van der Waals surface area contributed by atoms with Gasteiger partial charge in [-0.1, -0.05) is 0 Å². The number of nitrogens with one attached hydrogen (secondary N) is 3. The molecule has 0 aliphatic heterocycles. The second-order valence-electron chi connectivity index (χ2n) is 4.91. The van der Waals surface area contributed by atoms with Gasteiger partial charge in [-0.25, -0.2) is 18.2 Å². The Kier molecular flexibility index (Phi) is 3.06. The average molecular weight is 311 g/mol. The third-order valence-electron chi connectivity index (χ3n) is 3.56. The fourth-order valence-corrected chi connectivity index (χ4v) is 3.63. The van der Waals surface area contributed by atoms with Gasteiger partial charge in [0.25, 0.3) is 10.0 Å². The molecule has 0 aromatic carbocycles. The van der Waals surface area contributed by atoms with Crippen LogP contribution in [-0.4, -0.2) is 39.7 Å². The van der Waals surface area contributed by atoms with E-state index in [1.165, 1.54) is 18.5 Å². The molecule has 0 amide bonds. The maximum absolute atomic E-state index is 12.3. The molecular formula is C11H13N5O4S. The molecule has 21 heavy (non-hydrogen) atoms. The first-order chi connectivity index (χ1) is 9.93. The Bertz CT molecular complexity index is 760. The van der Waals surface area contributed by atoms with Crippen molar-refractivity contribution in [1.29, 1.82) is 0 Å². The van der Waals surface area contributed by atoms with Crippen molar-refractivity contribution in [1.82, 2.24) is 24.9 Å². The quantitative estimate of drug-likeness (QED) is 0.621. The van der Waals surface area contributed by atoms with E-state index < -0.39 is 21.5 Å². The molecule has 1 aliphatic rings. The standard InChI is InChI=1S/C11H13N5O4S/c17-9(18)7-6-12-10(14-7)11(3-1-4-11)16-21(19,20)8-2-5-13-15-8/h2,5-6,16H,1,3-4H2,(H,12,14)(H,13,15)(H,17,18). The summed E-state index contributed by atoms with van der Waals surface area (Å²) in [5.41, 5.74) is -0.963. The lowest BCUT2D eigenvalue weighted by molar-refractivity contribution is 0.0690. The number of nitrogens with zero attached hydrogens (tertiary/aromatic N) is 2. The van der Waals surface area contributed by atoms with Gasteiger partial charge in [0, 0.05) is 0 Å². The number of aromatic amines is 2. The van der Waals surface area contributed by atoms with Gasteiger partial charge in [0.05, 0.1) is 17.9 Å². The Morgan fingerprint density at radius 2 is 2.19 bits per heavy atom. The summed E-state index contributed by atoms with van der Waals surface area (Å²) in [5, 5.41) is 14.9. The predicted molar refractivity (Wildman–Crippen MR) is 70.0 cm³/mol. The lowest BCUT2D eigenvalue weighted by atomic mass is 9.77. The number of H-pyrrole nitrogens is 2. The van der Waals surface area contributed by atoms with Crippen LogP contribution in [0.1, 0.15) is 35.6 Å². The van der Waals surface area contributed by atoms with Gasteiger partial charge in [-0.05, 0) is 25.3 Å². The molecule has 0 unspecified atom stereocenters. The summed E-state index contributed by atoms with van der Waals surface area (Å²) in [4.78, 5) is 17.6. The maximum atomic E-state index is 12.3. The van der Waals surface area contributed by atoms with Crippen molar-refractivity contribution < 1.29 is 18.3 Å². The highest BCUT2D eigenvalue weighted by Crippen LogP contribution is 2.40. The van der Waals surface area contributed by atoms with Crippen molar-refractivity contribution in [3.8, 4) is 0 Å². The van der Waals surface area contributed by atoms with E-state index in [9.17, 15) is 13.2 Å². The molecule has 1 fully saturated rings. The summed E-state index contributed by atoms with van der Waals surface area (Å²) in [6, 6.07) is 1.35. The van der Waals surface area contributed by atoms with E-state index in [1.54, 1.807) is 0 Å². The highest BCUT2D eigenvalue weighted by atomic mass is 32.2. The lowest BCUT2D eigenvalue weighted by Gasteiger charge is -2.40. The number of aromatic nitrogens is 4. The summed E-state index contributed by atoms with van der Waals surface area (Å²) >= 11 is 0. The highest BCUT2D eigenvalue weighted by molar-refractivity contribution is 7.89. The number of hydrogen-bond donors (Lipinski definition) is 4. The number of carboxylic acids is 1. The van der Waals surface area contributed by atoms with E-state index >= 15 is 0 Å². The fraction of sp³-hybridized carbons (Fsp3) is 0.364. The molecule has 1 saturated carbocycles. The normalized spacial score (nSPS) is 17.3. The molecule has 0 bridgehead atoms. The minimum absolute atomic E-state index is 0.0428. The van der Waals surface area contributed by atoms with Crippen LogP contribution in [0.4, 0.5) is 0 Å². The molecule has 0 radical (unpaired) electrons. The van der Waals surface area contributed by atoms with Crippen molar-refractivity contribution in [2.24, 2.45) is 0 Å². The zero-order valence-corrected chi connectivity index (χ0v) is 11.6. The highest BCUT2D eigenvalue weighted by Gasteiger charge is 2.45. The first-order valence-corrected chi connectivity index (χ1v) is 7.73. The van der Waals surface area contributed by atoms with Crippen molar-refractivity contribution in [3.63, 3.8) is 0 Å². The van der Waals surface area contributed by atoms with Gasteiger partial charge in [0.2, 0.25) is 0 Å². The van der Waals surface area contributed by atoms with E-state index in [1.807, 2.05) is 0 Å². The van der Waals surface area contributed by atoms with Gasteiger partial charge in [0.1, 0.15) is 11.5 Å². The number of carbonyl (C=O) groups is 1. The molecule has 0 saturated heterocycles. The van der Waals surface area contributed by atoms with Crippen molar-refractivity contribution >= 4 is 16.0 Å². The third kappa shape index (κ3) is 2.32. The van der Waals surface area contributed by atoms with Crippen molar-refractivity contribution in [3.05, 3.63) is 30.0 Å². The Balaban J connectivity index is 1.92. The zero-order valence-electron chi connectivity index (χ0n) is 10.8. The van der Waals surface area contributed by atoms with Gasteiger partial charge in [0.15, 0.2) is 5.03 Å². The Morgan fingerprint density at radius 1 is 1.43 bits per heavy atom. The van der Waals surface area contributed by atoms with Gasteiger partial charge >= 0.3 is 5.97 Å². The molecule has 4 N–H and O–H groups in total. The van der Waals surface area contributed by atoms with Crippen molar-refractivity contribution in [2.45, 2.75) is 29.8 Å². The van der Waals surface area contributed by atoms with E-state index in [2.05, 4.69) is 24.9 Å². The lowest BCUT2D eigenvalue weighted by Crippen LogP contribution is -2.51. The number of rotatable bonds is 5. The van der Waals surface area contributed by atoms with Gasteiger partial charge in [-0.2, -0.15) is 9.82 Å². The first-order valence-electron chi connectivity index (χ1n) is 6.25. The van der Waals surface area contributed by atoms with Crippen LogP contribution in [0.3, 0.4) is 0 Å². The number of sulfonamides is 1. The largest absolute Gasteiger partial charge is 0.477 e. The van der Waals surface area contributed by atoms with Crippen LogP contribution in [0, 0.1) is 0 Å². The second kappa shape index (κ2) is 4.67. The molecule has 10 heteroatoms. The molecule has 2 aromatic rings. The van der Waals surface area contributed by atoms with E-state index in [4.69, 9.17) is 5.11 Å². The summed E-state index contributed by atoms with van der Waals surface area (Å²) < 4.78 is 27.1. The maximum Gasteiger partial charge on any atom is 0.353 e. The summed E-state index contributed by atoms with van der Waals surface area (Å²) in [7, 11) is -3.77. The molecule has 3 rings (SSSR count).